The smallest absolute Gasteiger partial charge is 0.215 e. The summed E-state index contributed by atoms with van der Waals surface area (Å²) in [5.74, 6) is 1.74. The Bertz CT molecular complexity index is 1030. The quantitative estimate of drug-likeness (QED) is 0.612. The molecule has 0 unspecified atom stereocenters. The van der Waals surface area contributed by atoms with Gasteiger partial charge in [0.1, 0.15) is 17.9 Å². The summed E-state index contributed by atoms with van der Waals surface area (Å²) in [7, 11) is 4.02. The van der Waals surface area contributed by atoms with Gasteiger partial charge in [-0.3, -0.25) is 4.57 Å². The lowest BCUT2D eigenvalue weighted by atomic mass is 10.0. The Morgan fingerprint density at radius 2 is 2.00 bits per heavy atom. The van der Waals surface area contributed by atoms with E-state index in [0.29, 0.717) is 37.1 Å². The molecule has 0 atom stereocenters. The molecule has 3 aromatic rings. The van der Waals surface area contributed by atoms with Crippen molar-refractivity contribution >= 4 is 17.1 Å². The van der Waals surface area contributed by atoms with E-state index in [2.05, 4.69) is 14.4 Å². The molecule has 3 heterocycles. The second-order valence-corrected chi connectivity index (χ2v) is 8.23. The Morgan fingerprint density at radius 3 is 2.70 bits per heavy atom. The number of anilines is 1. The minimum Gasteiger partial charge on any atom is -0.476 e. The summed E-state index contributed by atoms with van der Waals surface area (Å²) in [6, 6.07) is 9.01. The summed E-state index contributed by atoms with van der Waals surface area (Å²) < 4.78 is 21.7. The van der Waals surface area contributed by atoms with E-state index in [1.165, 1.54) is 6.07 Å². The van der Waals surface area contributed by atoms with Gasteiger partial charge in [0.25, 0.3) is 0 Å². The zero-order chi connectivity index (χ0) is 21.3. The lowest BCUT2D eigenvalue weighted by Gasteiger charge is -2.39. The maximum Gasteiger partial charge on any atom is 0.215 e. The van der Waals surface area contributed by atoms with Crippen molar-refractivity contribution in [3.8, 4) is 5.88 Å². The Kier molecular flexibility index (Phi) is 5.87. The van der Waals surface area contributed by atoms with Crippen LogP contribution in [0.1, 0.15) is 11.1 Å². The van der Waals surface area contributed by atoms with Gasteiger partial charge in [0.05, 0.1) is 6.54 Å². The van der Waals surface area contributed by atoms with Gasteiger partial charge < -0.3 is 20.3 Å². The van der Waals surface area contributed by atoms with E-state index in [4.69, 9.17) is 20.4 Å². The Balaban J connectivity index is 1.68. The Labute approximate surface area is 176 Å². The van der Waals surface area contributed by atoms with E-state index < -0.39 is 0 Å². The number of pyridine rings is 1. The van der Waals surface area contributed by atoms with Crippen molar-refractivity contribution in [1.29, 1.82) is 0 Å². The first kappa shape index (κ1) is 20.6. The lowest BCUT2D eigenvalue weighted by molar-refractivity contribution is 0.254. The average Bonchev–Trinajstić information content (AvgIpc) is 3.01. The highest BCUT2D eigenvalue weighted by Gasteiger charge is 2.30. The lowest BCUT2D eigenvalue weighted by Crippen LogP contribution is -2.51. The van der Waals surface area contributed by atoms with Crippen LogP contribution < -0.4 is 15.4 Å². The second kappa shape index (κ2) is 8.57. The molecule has 0 bridgehead atoms. The standard InChI is InChI=1S/C22H29FN6O/c1-15-10-16(4-5-18(15)23)14-29-21-19(25-22(29)28-12-17(11-24)13-28)6-7-20(26-21)30-9-8-27(2)3/h4-7,10,17H,8-9,11-14,24H2,1-3H3. The first-order chi connectivity index (χ1) is 14.4. The molecule has 7 nitrogen and oxygen atoms in total. The fourth-order valence-electron chi connectivity index (χ4n) is 3.64. The van der Waals surface area contributed by atoms with Crippen molar-refractivity contribution in [3.05, 3.63) is 47.3 Å². The number of hydrogen-bond donors (Lipinski definition) is 1. The summed E-state index contributed by atoms with van der Waals surface area (Å²) in [5, 5.41) is 0. The number of likely N-dealkylation sites (N-methyl/N-ethyl adjacent to an activating group) is 1. The highest BCUT2D eigenvalue weighted by Crippen LogP contribution is 2.29. The molecule has 0 amide bonds. The van der Waals surface area contributed by atoms with E-state index in [0.717, 1.165) is 42.3 Å². The van der Waals surface area contributed by atoms with E-state index >= 15 is 0 Å². The third-order valence-corrected chi connectivity index (χ3v) is 5.47. The van der Waals surface area contributed by atoms with E-state index in [9.17, 15) is 4.39 Å². The molecule has 0 saturated carbocycles. The molecule has 1 aliphatic heterocycles. The maximum absolute atomic E-state index is 13.7. The minimum atomic E-state index is -0.197. The normalized spacial score (nSPS) is 14.5. The number of benzene rings is 1. The van der Waals surface area contributed by atoms with Crippen LogP contribution >= 0.6 is 0 Å². The van der Waals surface area contributed by atoms with Crippen molar-refractivity contribution in [2.45, 2.75) is 13.5 Å². The molecule has 2 aromatic heterocycles. The van der Waals surface area contributed by atoms with Crippen LogP contribution in [0.2, 0.25) is 0 Å². The third-order valence-electron chi connectivity index (χ3n) is 5.47. The molecular formula is C22H29FN6O. The first-order valence-corrected chi connectivity index (χ1v) is 10.3. The molecule has 0 radical (unpaired) electrons. The highest BCUT2D eigenvalue weighted by atomic mass is 19.1. The van der Waals surface area contributed by atoms with Crippen LogP contribution in [-0.2, 0) is 6.54 Å². The van der Waals surface area contributed by atoms with Gasteiger partial charge in [-0.1, -0.05) is 12.1 Å². The number of halogens is 1. The summed E-state index contributed by atoms with van der Waals surface area (Å²) in [4.78, 5) is 13.9. The second-order valence-electron chi connectivity index (χ2n) is 8.23. The van der Waals surface area contributed by atoms with Gasteiger partial charge in [-0.05, 0) is 50.8 Å². The van der Waals surface area contributed by atoms with Gasteiger partial charge in [-0.2, -0.15) is 4.98 Å². The molecule has 30 heavy (non-hydrogen) atoms. The average molecular weight is 413 g/mol. The SMILES string of the molecule is Cc1cc(Cn2c(N3CC(CN)C3)nc3ccc(OCCN(C)C)nc32)ccc1F. The van der Waals surface area contributed by atoms with Crippen molar-refractivity contribution in [2.24, 2.45) is 11.7 Å². The molecule has 4 rings (SSSR count). The van der Waals surface area contributed by atoms with E-state index in [1.54, 1.807) is 6.92 Å². The van der Waals surface area contributed by atoms with Crippen LogP contribution in [0.5, 0.6) is 5.88 Å². The zero-order valence-electron chi connectivity index (χ0n) is 17.8. The fourth-order valence-corrected chi connectivity index (χ4v) is 3.64. The van der Waals surface area contributed by atoms with Crippen LogP contribution in [0.4, 0.5) is 10.3 Å². The number of aryl methyl sites for hydroxylation is 1. The van der Waals surface area contributed by atoms with Gasteiger partial charge in [-0.25, -0.2) is 9.37 Å². The summed E-state index contributed by atoms with van der Waals surface area (Å²) in [6.07, 6.45) is 0. The van der Waals surface area contributed by atoms with Crippen molar-refractivity contribution in [1.82, 2.24) is 19.4 Å². The van der Waals surface area contributed by atoms with E-state index in [1.807, 2.05) is 38.4 Å². The monoisotopic (exact) mass is 412 g/mol. The number of hydrogen-bond acceptors (Lipinski definition) is 6. The first-order valence-electron chi connectivity index (χ1n) is 10.3. The number of ether oxygens (including phenoxy) is 1. The number of imidazole rings is 1. The number of nitrogens with two attached hydrogens (primary N) is 1. The highest BCUT2D eigenvalue weighted by molar-refractivity contribution is 5.76. The molecule has 160 valence electrons. The van der Waals surface area contributed by atoms with Gasteiger partial charge >= 0.3 is 0 Å². The van der Waals surface area contributed by atoms with Crippen molar-refractivity contribution in [2.75, 3.05) is 51.8 Å². The van der Waals surface area contributed by atoms with Crippen molar-refractivity contribution < 1.29 is 9.13 Å². The number of rotatable bonds is 8. The molecule has 1 aromatic carbocycles. The molecule has 1 saturated heterocycles. The summed E-state index contributed by atoms with van der Waals surface area (Å²) in [5.41, 5.74) is 9.03. The van der Waals surface area contributed by atoms with Gasteiger partial charge in [0.15, 0.2) is 5.65 Å². The third kappa shape index (κ3) is 4.24. The molecule has 0 aliphatic carbocycles. The molecular weight excluding hydrogens is 383 g/mol. The molecule has 0 spiro atoms. The molecule has 1 aliphatic rings. The van der Waals surface area contributed by atoms with Crippen LogP contribution in [0.3, 0.4) is 0 Å². The zero-order valence-corrected chi connectivity index (χ0v) is 17.8. The Hall–Kier alpha value is -2.71. The summed E-state index contributed by atoms with van der Waals surface area (Å²) >= 11 is 0. The van der Waals surface area contributed by atoms with Crippen LogP contribution in [-0.4, -0.2) is 66.3 Å². The fraction of sp³-hybridized carbons (Fsp3) is 0.455. The molecule has 2 N–H and O–H groups in total. The predicted molar refractivity (Wildman–Crippen MR) is 117 cm³/mol. The van der Waals surface area contributed by atoms with Gasteiger partial charge in [0, 0.05) is 31.6 Å². The largest absolute Gasteiger partial charge is 0.476 e. The number of nitrogens with zero attached hydrogens (tertiary/aromatic N) is 5. The van der Waals surface area contributed by atoms with Crippen molar-refractivity contribution in [3.63, 3.8) is 0 Å². The Morgan fingerprint density at radius 1 is 1.20 bits per heavy atom. The number of aromatic nitrogens is 3. The topological polar surface area (TPSA) is 72.4 Å². The summed E-state index contributed by atoms with van der Waals surface area (Å²) in [6.45, 7) is 6.16. The predicted octanol–water partition coefficient (Wildman–Crippen LogP) is 2.26. The van der Waals surface area contributed by atoms with Gasteiger partial charge in [0.2, 0.25) is 11.8 Å². The number of fused-ring (bicyclic) bond motifs is 1. The van der Waals surface area contributed by atoms with Gasteiger partial charge in [-0.15, -0.1) is 0 Å². The molecule has 8 heteroatoms. The van der Waals surface area contributed by atoms with Crippen LogP contribution in [0.15, 0.2) is 30.3 Å². The van der Waals surface area contributed by atoms with E-state index in [-0.39, 0.29) is 5.82 Å². The maximum atomic E-state index is 13.7. The van der Waals surface area contributed by atoms with Crippen LogP contribution in [0.25, 0.3) is 11.2 Å². The minimum absolute atomic E-state index is 0.197. The van der Waals surface area contributed by atoms with Crippen LogP contribution in [0, 0.1) is 18.7 Å². The molecule has 1 fully saturated rings.